The highest BCUT2D eigenvalue weighted by atomic mass is 35.5. The van der Waals surface area contributed by atoms with Crippen molar-refractivity contribution in [3.05, 3.63) is 57.6 Å². The highest BCUT2D eigenvalue weighted by Gasteiger charge is 2.09. The number of carbonyl (C=O) groups excluding carboxylic acids is 1. The summed E-state index contributed by atoms with van der Waals surface area (Å²) in [7, 11) is 0. The third-order valence-corrected chi connectivity index (χ3v) is 3.45. The van der Waals surface area contributed by atoms with Gasteiger partial charge in [-0.25, -0.2) is 0 Å². The van der Waals surface area contributed by atoms with E-state index < -0.39 is 0 Å². The Morgan fingerprint density at radius 3 is 2.47 bits per heavy atom. The van der Waals surface area contributed by atoms with Gasteiger partial charge in [-0.05, 0) is 30.2 Å². The fourth-order valence-electron chi connectivity index (χ4n) is 1.77. The average Bonchev–Trinajstić information content (AvgIpc) is 2.33. The summed E-state index contributed by atoms with van der Waals surface area (Å²) in [5.74, 6) is 0. The van der Waals surface area contributed by atoms with Crippen molar-refractivity contribution in [1.82, 2.24) is 0 Å². The minimum absolute atomic E-state index is 0.531. The van der Waals surface area contributed by atoms with Crippen molar-refractivity contribution < 1.29 is 4.79 Å². The summed E-state index contributed by atoms with van der Waals surface area (Å²) in [4.78, 5) is 10.7. The molecule has 0 radical (unpaired) electrons. The van der Waals surface area contributed by atoms with Crippen LogP contribution in [0.1, 0.15) is 15.9 Å². The van der Waals surface area contributed by atoms with Gasteiger partial charge in [-0.1, -0.05) is 47.5 Å². The average molecular weight is 265 g/mol. The lowest BCUT2D eigenvalue weighted by atomic mass is 9.99. The van der Waals surface area contributed by atoms with Gasteiger partial charge in [0, 0.05) is 11.1 Å². The number of halogens is 2. The second kappa shape index (κ2) is 4.91. The lowest BCUT2D eigenvalue weighted by Crippen LogP contribution is -1.88. The Kier molecular flexibility index (Phi) is 3.51. The SMILES string of the molecule is Cc1cc(C=O)ccc1-c1cccc(Cl)c1Cl. The van der Waals surface area contributed by atoms with E-state index in [0.717, 1.165) is 23.0 Å². The number of aryl methyl sites for hydroxylation is 1. The zero-order valence-electron chi connectivity index (χ0n) is 9.21. The van der Waals surface area contributed by atoms with E-state index >= 15 is 0 Å². The van der Waals surface area contributed by atoms with E-state index in [0.29, 0.717) is 15.6 Å². The lowest BCUT2D eigenvalue weighted by Gasteiger charge is -2.09. The van der Waals surface area contributed by atoms with Crippen LogP contribution in [0.15, 0.2) is 36.4 Å². The van der Waals surface area contributed by atoms with Gasteiger partial charge in [0.2, 0.25) is 0 Å². The van der Waals surface area contributed by atoms with Crippen molar-refractivity contribution in [3.63, 3.8) is 0 Å². The zero-order valence-corrected chi connectivity index (χ0v) is 10.7. The molecule has 0 amide bonds. The van der Waals surface area contributed by atoms with Gasteiger partial charge in [0.1, 0.15) is 6.29 Å². The van der Waals surface area contributed by atoms with Gasteiger partial charge in [0.25, 0.3) is 0 Å². The summed E-state index contributed by atoms with van der Waals surface area (Å²) in [6.45, 7) is 1.94. The molecule has 0 atom stereocenters. The molecule has 0 heterocycles. The predicted octanol–water partition coefficient (Wildman–Crippen LogP) is 4.78. The number of aldehydes is 1. The second-order valence-electron chi connectivity index (χ2n) is 3.79. The smallest absolute Gasteiger partial charge is 0.150 e. The molecule has 1 nitrogen and oxygen atoms in total. The molecule has 0 aliphatic heterocycles. The predicted molar refractivity (Wildman–Crippen MR) is 72.0 cm³/mol. The summed E-state index contributed by atoms with van der Waals surface area (Å²) in [6.07, 6.45) is 0.830. The first kappa shape index (κ1) is 12.2. The molecule has 0 fully saturated rings. The van der Waals surface area contributed by atoms with Crippen molar-refractivity contribution in [2.75, 3.05) is 0 Å². The molecule has 2 aromatic rings. The molecule has 0 saturated heterocycles. The zero-order chi connectivity index (χ0) is 12.4. The fourth-order valence-corrected chi connectivity index (χ4v) is 2.18. The van der Waals surface area contributed by atoms with E-state index in [1.807, 2.05) is 31.2 Å². The van der Waals surface area contributed by atoms with Crippen LogP contribution in [0.2, 0.25) is 10.0 Å². The Labute approximate surface area is 110 Å². The number of hydrogen-bond donors (Lipinski definition) is 0. The van der Waals surface area contributed by atoms with Crippen LogP contribution in [0.5, 0.6) is 0 Å². The van der Waals surface area contributed by atoms with Gasteiger partial charge < -0.3 is 0 Å². The monoisotopic (exact) mass is 264 g/mol. The van der Waals surface area contributed by atoms with E-state index in [1.54, 1.807) is 12.1 Å². The Morgan fingerprint density at radius 2 is 1.82 bits per heavy atom. The summed E-state index contributed by atoms with van der Waals surface area (Å²) >= 11 is 12.2. The molecule has 0 aliphatic carbocycles. The topological polar surface area (TPSA) is 17.1 Å². The number of benzene rings is 2. The van der Waals surface area contributed by atoms with Gasteiger partial charge >= 0.3 is 0 Å². The van der Waals surface area contributed by atoms with Gasteiger partial charge in [-0.2, -0.15) is 0 Å². The van der Waals surface area contributed by atoms with Crippen LogP contribution in [0.3, 0.4) is 0 Å². The Bertz CT molecular complexity index is 576. The third-order valence-electron chi connectivity index (χ3n) is 2.63. The van der Waals surface area contributed by atoms with Gasteiger partial charge in [0.15, 0.2) is 0 Å². The van der Waals surface area contributed by atoms with Gasteiger partial charge in [-0.3, -0.25) is 4.79 Å². The lowest BCUT2D eigenvalue weighted by molar-refractivity contribution is 0.112. The molecular weight excluding hydrogens is 255 g/mol. The minimum Gasteiger partial charge on any atom is -0.298 e. The first-order valence-corrected chi connectivity index (χ1v) is 5.89. The molecular formula is C14H10Cl2O. The number of rotatable bonds is 2. The van der Waals surface area contributed by atoms with Crippen LogP contribution in [0.4, 0.5) is 0 Å². The quantitative estimate of drug-likeness (QED) is 0.714. The summed E-state index contributed by atoms with van der Waals surface area (Å²) < 4.78 is 0. The van der Waals surface area contributed by atoms with Crippen molar-refractivity contribution >= 4 is 29.5 Å². The molecule has 0 N–H and O–H groups in total. The molecule has 2 rings (SSSR count). The Hall–Kier alpha value is -1.31. The molecule has 2 aromatic carbocycles. The van der Waals surface area contributed by atoms with Crippen LogP contribution < -0.4 is 0 Å². The molecule has 0 unspecified atom stereocenters. The van der Waals surface area contributed by atoms with E-state index in [1.165, 1.54) is 0 Å². The van der Waals surface area contributed by atoms with E-state index in [-0.39, 0.29) is 0 Å². The van der Waals surface area contributed by atoms with Crippen LogP contribution >= 0.6 is 23.2 Å². The van der Waals surface area contributed by atoms with Crippen LogP contribution in [0.25, 0.3) is 11.1 Å². The fraction of sp³-hybridized carbons (Fsp3) is 0.0714. The third kappa shape index (κ3) is 2.36. The highest BCUT2D eigenvalue weighted by Crippen LogP contribution is 2.35. The van der Waals surface area contributed by atoms with Crippen molar-refractivity contribution in [2.45, 2.75) is 6.92 Å². The van der Waals surface area contributed by atoms with Crippen molar-refractivity contribution in [2.24, 2.45) is 0 Å². The first-order valence-electron chi connectivity index (χ1n) is 5.13. The largest absolute Gasteiger partial charge is 0.298 e. The van der Waals surface area contributed by atoms with Crippen LogP contribution in [-0.2, 0) is 0 Å². The van der Waals surface area contributed by atoms with E-state index in [2.05, 4.69) is 0 Å². The molecule has 0 bridgehead atoms. The minimum atomic E-state index is 0.531. The first-order chi connectivity index (χ1) is 8.13. The molecule has 17 heavy (non-hydrogen) atoms. The maximum atomic E-state index is 10.7. The summed E-state index contributed by atoms with van der Waals surface area (Å²) in [5, 5.41) is 1.07. The van der Waals surface area contributed by atoms with Gasteiger partial charge in [0.05, 0.1) is 10.0 Å². The summed E-state index contributed by atoms with van der Waals surface area (Å²) in [6, 6.07) is 11.0. The van der Waals surface area contributed by atoms with Crippen molar-refractivity contribution in [1.29, 1.82) is 0 Å². The molecule has 86 valence electrons. The maximum Gasteiger partial charge on any atom is 0.150 e. The summed E-state index contributed by atoms with van der Waals surface area (Å²) in [5.41, 5.74) is 3.53. The van der Waals surface area contributed by atoms with Crippen molar-refractivity contribution in [3.8, 4) is 11.1 Å². The molecule has 0 spiro atoms. The molecule has 0 aromatic heterocycles. The van der Waals surface area contributed by atoms with E-state index in [4.69, 9.17) is 23.2 Å². The maximum absolute atomic E-state index is 10.7. The standard InChI is InChI=1S/C14H10Cl2O/c1-9-7-10(8-17)5-6-11(9)12-3-2-4-13(15)14(12)16/h2-8H,1H3. The normalized spacial score (nSPS) is 10.3. The highest BCUT2D eigenvalue weighted by molar-refractivity contribution is 6.43. The van der Waals surface area contributed by atoms with Crippen LogP contribution in [-0.4, -0.2) is 6.29 Å². The molecule has 0 saturated carbocycles. The van der Waals surface area contributed by atoms with E-state index in [9.17, 15) is 4.79 Å². The Morgan fingerprint density at radius 1 is 1.06 bits per heavy atom. The molecule has 0 aliphatic rings. The van der Waals surface area contributed by atoms with Gasteiger partial charge in [-0.15, -0.1) is 0 Å². The molecule has 3 heteroatoms. The van der Waals surface area contributed by atoms with Crippen LogP contribution in [0, 0.1) is 6.92 Å². The second-order valence-corrected chi connectivity index (χ2v) is 4.58. The Balaban J connectivity index is 2.61. The number of carbonyl (C=O) groups is 1. The number of hydrogen-bond acceptors (Lipinski definition) is 1.